The second-order valence-electron chi connectivity index (χ2n) is 3.04. The summed E-state index contributed by atoms with van der Waals surface area (Å²) in [6.45, 7) is 0.848. The van der Waals surface area contributed by atoms with Crippen molar-refractivity contribution in [2.24, 2.45) is 10.8 Å². The summed E-state index contributed by atoms with van der Waals surface area (Å²) >= 11 is 6.97. The fourth-order valence-electron chi connectivity index (χ4n) is 1.34. The van der Waals surface area contributed by atoms with E-state index in [1.54, 1.807) is 0 Å². The van der Waals surface area contributed by atoms with Gasteiger partial charge in [0.25, 0.3) is 0 Å². The fraction of sp³-hybridized carbons (Fsp3) is 0.222. The Morgan fingerprint density at radius 1 is 1.36 bits per heavy atom. The van der Waals surface area contributed by atoms with Gasteiger partial charge in [-0.3, -0.25) is 5.01 Å². The molecule has 0 bridgehead atoms. The minimum Gasteiger partial charge on any atom is -0.386 e. The quantitative estimate of drug-likeness (QED) is 0.865. The van der Waals surface area contributed by atoms with Crippen molar-refractivity contribution in [1.29, 1.82) is 0 Å². The summed E-state index contributed by atoms with van der Waals surface area (Å²) < 4.78 is 2.04. The number of anilines is 1. The highest BCUT2D eigenvalue weighted by Crippen LogP contribution is 2.34. The van der Waals surface area contributed by atoms with Gasteiger partial charge in [-0.2, -0.15) is 5.10 Å². The molecule has 74 valence electrons. The molecule has 0 aliphatic carbocycles. The topological polar surface area (TPSA) is 41.6 Å². The van der Waals surface area contributed by atoms with Crippen LogP contribution in [0.25, 0.3) is 0 Å². The summed E-state index contributed by atoms with van der Waals surface area (Å²) in [6, 6.07) is 5.97. The molecular weight excluding hydrogens is 310 g/mol. The van der Waals surface area contributed by atoms with Crippen LogP contribution in [0.5, 0.6) is 0 Å². The van der Waals surface area contributed by atoms with Gasteiger partial charge in [0.2, 0.25) is 0 Å². The van der Waals surface area contributed by atoms with E-state index in [0.717, 1.165) is 27.6 Å². The first-order valence-corrected chi connectivity index (χ1v) is 5.81. The number of halogens is 2. The van der Waals surface area contributed by atoms with Gasteiger partial charge in [0.15, 0.2) is 0 Å². The molecule has 14 heavy (non-hydrogen) atoms. The minimum absolute atomic E-state index is 0.692. The molecule has 0 spiro atoms. The number of rotatable bonds is 1. The Kier molecular flexibility index (Phi) is 2.78. The zero-order valence-corrected chi connectivity index (χ0v) is 10.5. The Hall–Kier alpha value is -0.550. The predicted octanol–water partition coefficient (Wildman–Crippen LogP) is 2.69. The average Bonchev–Trinajstić information content (AvgIpc) is 2.57. The highest BCUT2D eigenvalue weighted by Gasteiger charge is 2.16. The third-order valence-electron chi connectivity index (χ3n) is 2.04. The average molecular weight is 319 g/mol. The molecule has 1 heterocycles. The molecule has 0 saturated carbocycles. The Morgan fingerprint density at radius 2 is 2.14 bits per heavy atom. The molecule has 2 N–H and O–H groups in total. The number of hydrazone groups is 1. The van der Waals surface area contributed by atoms with Gasteiger partial charge in [-0.1, -0.05) is 6.07 Å². The van der Waals surface area contributed by atoms with Crippen molar-refractivity contribution in [2.45, 2.75) is 6.42 Å². The molecule has 0 saturated heterocycles. The summed E-state index contributed by atoms with van der Waals surface area (Å²) in [4.78, 5) is 0. The molecule has 0 atom stereocenters. The summed E-state index contributed by atoms with van der Waals surface area (Å²) in [7, 11) is 0. The summed E-state index contributed by atoms with van der Waals surface area (Å²) in [5.74, 6) is 0.692. The predicted molar refractivity (Wildman–Crippen MR) is 65.4 cm³/mol. The van der Waals surface area contributed by atoms with Crippen LogP contribution < -0.4 is 10.7 Å². The Balaban J connectivity index is 2.37. The summed E-state index contributed by atoms with van der Waals surface area (Å²) in [6.07, 6.45) is 0.832. The molecule has 1 aliphatic rings. The van der Waals surface area contributed by atoms with E-state index in [-0.39, 0.29) is 0 Å². The molecule has 1 aromatic rings. The largest absolute Gasteiger partial charge is 0.386 e. The molecule has 1 aliphatic heterocycles. The van der Waals surface area contributed by atoms with Crippen LogP contribution in [-0.2, 0) is 0 Å². The van der Waals surface area contributed by atoms with E-state index in [0.29, 0.717) is 5.84 Å². The molecule has 2 rings (SSSR count). The van der Waals surface area contributed by atoms with Crippen LogP contribution in [0.1, 0.15) is 6.42 Å². The SMILES string of the molecule is NC1=NN(c2cccc(Br)c2Br)CC1. The number of hydrogen-bond acceptors (Lipinski definition) is 3. The van der Waals surface area contributed by atoms with Crippen molar-refractivity contribution in [3.05, 3.63) is 27.1 Å². The fourth-order valence-corrected chi connectivity index (χ4v) is 2.17. The summed E-state index contributed by atoms with van der Waals surface area (Å²) in [5, 5.41) is 6.14. The van der Waals surface area contributed by atoms with E-state index in [1.807, 2.05) is 23.2 Å². The number of hydrogen-bond donors (Lipinski definition) is 1. The van der Waals surface area contributed by atoms with Gasteiger partial charge in [0.05, 0.1) is 10.2 Å². The molecule has 1 aromatic carbocycles. The number of amidine groups is 1. The summed E-state index contributed by atoms with van der Waals surface area (Å²) in [5.41, 5.74) is 6.67. The maximum atomic E-state index is 5.63. The van der Waals surface area contributed by atoms with Gasteiger partial charge in [-0.05, 0) is 44.0 Å². The lowest BCUT2D eigenvalue weighted by atomic mass is 10.3. The molecule has 0 aromatic heterocycles. The minimum atomic E-state index is 0.692. The molecule has 0 unspecified atom stereocenters. The maximum Gasteiger partial charge on any atom is 0.122 e. The smallest absolute Gasteiger partial charge is 0.122 e. The zero-order valence-electron chi connectivity index (χ0n) is 7.37. The maximum absolute atomic E-state index is 5.63. The Labute approximate surface area is 99.2 Å². The van der Waals surface area contributed by atoms with Gasteiger partial charge >= 0.3 is 0 Å². The molecule has 0 amide bonds. The van der Waals surface area contributed by atoms with Crippen LogP contribution >= 0.6 is 31.9 Å². The molecule has 0 radical (unpaired) electrons. The van der Waals surface area contributed by atoms with Crippen molar-refractivity contribution < 1.29 is 0 Å². The Morgan fingerprint density at radius 3 is 2.79 bits per heavy atom. The van der Waals surface area contributed by atoms with Crippen molar-refractivity contribution >= 4 is 43.4 Å². The number of benzene rings is 1. The molecule has 0 fully saturated rings. The normalized spacial score (nSPS) is 15.9. The van der Waals surface area contributed by atoms with Crippen LogP contribution in [0.15, 0.2) is 32.2 Å². The van der Waals surface area contributed by atoms with Gasteiger partial charge < -0.3 is 5.73 Å². The van der Waals surface area contributed by atoms with Crippen LogP contribution in [0.3, 0.4) is 0 Å². The van der Waals surface area contributed by atoms with Gasteiger partial charge in [-0.15, -0.1) is 0 Å². The van der Waals surface area contributed by atoms with E-state index in [1.165, 1.54) is 0 Å². The molecule has 3 nitrogen and oxygen atoms in total. The zero-order chi connectivity index (χ0) is 10.1. The van der Waals surface area contributed by atoms with Crippen molar-refractivity contribution in [3.8, 4) is 0 Å². The monoisotopic (exact) mass is 317 g/mol. The molecular formula is C9H9Br2N3. The highest BCUT2D eigenvalue weighted by molar-refractivity contribution is 9.13. The molecule has 5 heteroatoms. The van der Waals surface area contributed by atoms with Crippen LogP contribution in [0.4, 0.5) is 5.69 Å². The van der Waals surface area contributed by atoms with E-state index in [4.69, 9.17) is 5.73 Å². The first-order valence-electron chi connectivity index (χ1n) is 4.23. The first-order chi connectivity index (χ1) is 6.68. The van der Waals surface area contributed by atoms with E-state index in [2.05, 4.69) is 37.0 Å². The second kappa shape index (κ2) is 3.90. The number of nitrogens with zero attached hydrogens (tertiary/aromatic N) is 2. The lowest BCUT2D eigenvalue weighted by molar-refractivity contribution is 0.918. The van der Waals surface area contributed by atoms with Gasteiger partial charge in [0.1, 0.15) is 5.84 Å². The van der Waals surface area contributed by atoms with Crippen LogP contribution in [0.2, 0.25) is 0 Å². The van der Waals surface area contributed by atoms with E-state index >= 15 is 0 Å². The second-order valence-corrected chi connectivity index (χ2v) is 4.68. The van der Waals surface area contributed by atoms with Gasteiger partial charge in [-0.25, -0.2) is 0 Å². The lowest BCUT2D eigenvalue weighted by Gasteiger charge is -2.15. The van der Waals surface area contributed by atoms with Crippen molar-refractivity contribution in [3.63, 3.8) is 0 Å². The first kappa shape index (κ1) is 9.98. The lowest BCUT2D eigenvalue weighted by Crippen LogP contribution is -2.12. The van der Waals surface area contributed by atoms with Crippen molar-refractivity contribution in [2.75, 3.05) is 11.6 Å². The Bertz CT molecular complexity index is 390. The van der Waals surface area contributed by atoms with Gasteiger partial charge in [0, 0.05) is 17.4 Å². The van der Waals surface area contributed by atoms with Crippen LogP contribution in [0, 0.1) is 0 Å². The van der Waals surface area contributed by atoms with E-state index < -0.39 is 0 Å². The standard InChI is InChI=1S/C9H9Br2N3/c10-6-2-1-3-7(9(6)11)14-5-4-8(12)13-14/h1-3H,4-5H2,(H2,12,13). The third kappa shape index (κ3) is 1.79. The van der Waals surface area contributed by atoms with Crippen LogP contribution in [-0.4, -0.2) is 12.4 Å². The third-order valence-corrected chi connectivity index (χ3v) is 4.06. The highest BCUT2D eigenvalue weighted by atomic mass is 79.9. The van der Waals surface area contributed by atoms with E-state index in [9.17, 15) is 0 Å². The number of nitrogens with two attached hydrogens (primary N) is 1. The van der Waals surface area contributed by atoms with Crippen molar-refractivity contribution in [1.82, 2.24) is 0 Å².